The summed E-state index contributed by atoms with van der Waals surface area (Å²) in [5.41, 5.74) is 1.92. The van der Waals surface area contributed by atoms with Gasteiger partial charge < -0.3 is 10.1 Å². The number of carbonyl (C=O) groups is 2. The number of benzene rings is 1. The number of hydrogen-bond acceptors (Lipinski definition) is 4. The molecule has 0 fully saturated rings. The van der Waals surface area contributed by atoms with E-state index in [1.165, 1.54) is 10.4 Å². The number of thiophene rings is 1. The average molecular weight is 345 g/mol. The second-order valence-corrected chi connectivity index (χ2v) is 6.95. The van der Waals surface area contributed by atoms with E-state index in [1.807, 2.05) is 41.8 Å². The van der Waals surface area contributed by atoms with Gasteiger partial charge in [-0.05, 0) is 47.9 Å². The molecule has 1 amide bonds. The maximum Gasteiger partial charge on any atom is 0.306 e. The summed E-state index contributed by atoms with van der Waals surface area (Å²) in [6.45, 7) is 3.99. The third kappa shape index (κ3) is 6.16. The summed E-state index contributed by atoms with van der Waals surface area (Å²) >= 11 is 1.68. The third-order valence-electron chi connectivity index (χ3n) is 3.61. The fraction of sp³-hybridized carbons (Fsp3) is 0.368. The van der Waals surface area contributed by atoms with E-state index in [-0.39, 0.29) is 18.5 Å². The highest BCUT2D eigenvalue weighted by Gasteiger charge is 2.08. The second-order valence-electron chi connectivity index (χ2n) is 5.92. The first-order chi connectivity index (χ1) is 11.5. The molecule has 0 radical (unpaired) electrons. The van der Waals surface area contributed by atoms with Crippen LogP contribution in [0.4, 0.5) is 5.69 Å². The SMILES string of the molecule is CC(C)c1ccc(NC(=O)COC(=O)CCCc2cccs2)cc1. The molecule has 0 bridgehead atoms. The van der Waals surface area contributed by atoms with E-state index < -0.39 is 0 Å². The van der Waals surface area contributed by atoms with E-state index in [2.05, 4.69) is 19.2 Å². The number of anilines is 1. The molecule has 2 rings (SSSR count). The second kappa shape index (κ2) is 9.23. The van der Waals surface area contributed by atoms with Crippen LogP contribution in [0, 0.1) is 0 Å². The van der Waals surface area contributed by atoms with Gasteiger partial charge in [0.25, 0.3) is 5.91 Å². The number of nitrogens with one attached hydrogen (secondary N) is 1. The zero-order valence-corrected chi connectivity index (χ0v) is 14.9. The summed E-state index contributed by atoms with van der Waals surface area (Å²) in [6, 6.07) is 11.7. The lowest BCUT2D eigenvalue weighted by molar-refractivity contribution is -0.147. The van der Waals surface area contributed by atoms with Crippen LogP contribution in [0.3, 0.4) is 0 Å². The van der Waals surface area contributed by atoms with E-state index in [4.69, 9.17) is 4.74 Å². The van der Waals surface area contributed by atoms with Gasteiger partial charge in [-0.3, -0.25) is 9.59 Å². The van der Waals surface area contributed by atoms with E-state index in [0.29, 0.717) is 18.0 Å². The molecule has 0 aliphatic heterocycles. The molecule has 0 aliphatic carbocycles. The molecular weight excluding hydrogens is 322 g/mol. The van der Waals surface area contributed by atoms with Gasteiger partial charge in [-0.15, -0.1) is 11.3 Å². The Kier molecular flexibility index (Phi) is 7.00. The van der Waals surface area contributed by atoms with Gasteiger partial charge in [0.05, 0.1) is 0 Å². The maximum atomic E-state index is 11.8. The van der Waals surface area contributed by atoms with Crippen LogP contribution >= 0.6 is 11.3 Å². The number of aryl methyl sites for hydroxylation is 1. The van der Waals surface area contributed by atoms with Crippen molar-refractivity contribution in [3.8, 4) is 0 Å². The molecule has 1 N–H and O–H groups in total. The molecule has 0 spiro atoms. The summed E-state index contributed by atoms with van der Waals surface area (Å²) < 4.78 is 5.01. The quantitative estimate of drug-likeness (QED) is 0.723. The van der Waals surface area contributed by atoms with Crippen LogP contribution in [0.1, 0.15) is 43.0 Å². The standard InChI is InChI=1S/C19H23NO3S/c1-14(2)15-8-10-16(11-9-15)20-18(21)13-23-19(22)7-3-5-17-6-4-12-24-17/h4,6,8-12,14H,3,5,7,13H2,1-2H3,(H,20,21). The first-order valence-electron chi connectivity index (χ1n) is 8.12. The van der Waals surface area contributed by atoms with Crippen LogP contribution in [0.2, 0.25) is 0 Å². The molecule has 2 aromatic rings. The zero-order valence-electron chi connectivity index (χ0n) is 14.1. The maximum absolute atomic E-state index is 11.8. The van der Waals surface area contributed by atoms with Gasteiger partial charge in [-0.2, -0.15) is 0 Å². The molecular formula is C19H23NO3S. The first-order valence-corrected chi connectivity index (χ1v) is 9.00. The van der Waals surface area contributed by atoms with Crippen LogP contribution in [-0.4, -0.2) is 18.5 Å². The third-order valence-corrected chi connectivity index (χ3v) is 4.55. The predicted octanol–water partition coefficient (Wildman–Crippen LogP) is 4.38. The summed E-state index contributed by atoms with van der Waals surface area (Å²) in [4.78, 5) is 24.7. The Morgan fingerprint density at radius 3 is 2.54 bits per heavy atom. The fourth-order valence-corrected chi connectivity index (χ4v) is 2.98. The Hall–Kier alpha value is -2.14. The summed E-state index contributed by atoms with van der Waals surface area (Å²) in [5.74, 6) is -0.208. The first kappa shape index (κ1) is 18.2. The van der Waals surface area contributed by atoms with E-state index >= 15 is 0 Å². The zero-order chi connectivity index (χ0) is 17.4. The summed E-state index contributed by atoms with van der Waals surface area (Å²) in [5, 5.41) is 4.75. The molecule has 128 valence electrons. The summed E-state index contributed by atoms with van der Waals surface area (Å²) in [7, 11) is 0. The lowest BCUT2D eigenvalue weighted by Crippen LogP contribution is -2.20. The van der Waals surface area contributed by atoms with Crippen molar-refractivity contribution >= 4 is 28.9 Å². The number of amides is 1. The van der Waals surface area contributed by atoms with Crippen molar-refractivity contribution in [3.63, 3.8) is 0 Å². The molecule has 0 aliphatic rings. The van der Waals surface area contributed by atoms with Crippen LogP contribution in [0.15, 0.2) is 41.8 Å². The Labute approximate surface area is 146 Å². The van der Waals surface area contributed by atoms with Crippen molar-refractivity contribution in [1.82, 2.24) is 0 Å². The molecule has 24 heavy (non-hydrogen) atoms. The topological polar surface area (TPSA) is 55.4 Å². The normalized spacial score (nSPS) is 10.6. The van der Waals surface area contributed by atoms with Gasteiger partial charge in [0.15, 0.2) is 6.61 Å². The molecule has 0 saturated carbocycles. The number of rotatable bonds is 8. The molecule has 5 heteroatoms. The predicted molar refractivity (Wildman–Crippen MR) is 97.4 cm³/mol. The van der Waals surface area contributed by atoms with E-state index in [9.17, 15) is 9.59 Å². The number of esters is 1. The van der Waals surface area contributed by atoms with E-state index in [1.54, 1.807) is 11.3 Å². The Bertz CT molecular complexity index is 648. The monoisotopic (exact) mass is 345 g/mol. The van der Waals surface area contributed by atoms with Crippen LogP contribution in [-0.2, 0) is 20.7 Å². The van der Waals surface area contributed by atoms with Gasteiger partial charge in [-0.25, -0.2) is 0 Å². The number of hydrogen-bond donors (Lipinski definition) is 1. The van der Waals surface area contributed by atoms with Crippen LogP contribution in [0.5, 0.6) is 0 Å². The van der Waals surface area contributed by atoms with Gasteiger partial charge >= 0.3 is 5.97 Å². The van der Waals surface area contributed by atoms with Crippen molar-refractivity contribution < 1.29 is 14.3 Å². The van der Waals surface area contributed by atoms with Crippen molar-refractivity contribution in [2.75, 3.05) is 11.9 Å². The number of carbonyl (C=O) groups excluding carboxylic acids is 2. The Morgan fingerprint density at radius 2 is 1.92 bits per heavy atom. The highest BCUT2D eigenvalue weighted by Crippen LogP contribution is 2.17. The minimum Gasteiger partial charge on any atom is -0.456 e. The number of ether oxygens (including phenoxy) is 1. The largest absolute Gasteiger partial charge is 0.456 e. The van der Waals surface area contributed by atoms with Crippen molar-refractivity contribution in [1.29, 1.82) is 0 Å². The molecule has 4 nitrogen and oxygen atoms in total. The van der Waals surface area contributed by atoms with Gasteiger partial charge in [-0.1, -0.05) is 32.0 Å². The minimum absolute atomic E-state index is 0.246. The molecule has 1 aromatic heterocycles. The molecule has 1 aromatic carbocycles. The lowest BCUT2D eigenvalue weighted by atomic mass is 10.0. The average Bonchev–Trinajstić information content (AvgIpc) is 3.07. The lowest BCUT2D eigenvalue weighted by Gasteiger charge is -2.09. The van der Waals surface area contributed by atoms with Crippen molar-refractivity contribution in [3.05, 3.63) is 52.2 Å². The van der Waals surface area contributed by atoms with Crippen LogP contribution < -0.4 is 5.32 Å². The Morgan fingerprint density at radius 1 is 1.17 bits per heavy atom. The van der Waals surface area contributed by atoms with Crippen molar-refractivity contribution in [2.45, 2.75) is 39.0 Å². The van der Waals surface area contributed by atoms with Crippen LogP contribution in [0.25, 0.3) is 0 Å². The smallest absolute Gasteiger partial charge is 0.306 e. The summed E-state index contributed by atoms with van der Waals surface area (Å²) in [6.07, 6.45) is 1.92. The van der Waals surface area contributed by atoms with Gasteiger partial charge in [0.2, 0.25) is 0 Å². The highest BCUT2D eigenvalue weighted by molar-refractivity contribution is 7.09. The van der Waals surface area contributed by atoms with E-state index in [0.717, 1.165) is 12.8 Å². The highest BCUT2D eigenvalue weighted by atomic mass is 32.1. The van der Waals surface area contributed by atoms with Gasteiger partial charge in [0, 0.05) is 17.0 Å². The molecule has 0 atom stereocenters. The Balaban J connectivity index is 1.65. The molecule has 0 unspecified atom stereocenters. The fourth-order valence-electron chi connectivity index (χ4n) is 2.23. The minimum atomic E-state index is -0.336. The van der Waals surface area contributed by atoms with Gasteiger partial charge in [0.1, 0.15) is 0 Å². The van der Waals surface area contributed by atoms with Crippen molar-refractivity contribution in [2.24, 2.45) is 0 Å². The molecule has 0 saturated heterocycles. The molecule has 1 heterocycles.